The fourth-order valence-electron chi connectivity index (χ4n) is 3.73. The van der Waals surface area contributed by atoms with Gasteiger partial charge in [0.1, 0.15) is 11.2 Å². The first-order chi connectivity index (χ1) is 12.5. The third kappa shape index (κ3) is 3.67. The van der Waals surface area contributed by atoms with Gasteiger partial charge in [-0.1, -0.05) is 19.8 Å². The van der Waals surface area contributed by atoms with E-state index in [1.54, 1.807) is 15.5 Å². The molecule has 142 valence electrons. The number of piperidine rings is 1. The van der Waals surface area contributed by atoms with Crippen LogP contribution in [0.2, 0.25) is 0 Å². The lowest BCUT2D eigenvalue weighted by atomic mass is 9.94. The summed E-state index contributed by atoms with van der Waals surface area (Å²) in [5.41, 5.74) is 2.43. The molecule has 2 aromatic heterocycles. The number of H-pyrrole nitrogens is 1. The highest BCUT2D eigenvalue weighted by Gasteiger charge is 2.25. The Bertz CT molecular complexity index is 832. The summed E-state index contributed by atoms with van der Waals surface area (Å²) in [4.78, 5) is 29.8. The van der Waals surface area contributed by atoms with Crippen LogP contribution in [-0.4, -0.2) is 52.1 Å². The maximum atomic E-state index is 13.0. The Morgan fingerprint density at radius 1 is 1.35 bits per heavy atom. The van der Waals surface area contributed by atoms with Gasteiger partial charge in [-0.3, -0.25) is 9.59 Å². The van der Waals surface area contributed by atoms with Crippen molar-refractivity contribution >= 4 is 11.6 Å². The van der Waals surface area contributed by atoms with Crippen LogP contribution in [0, 0.1) is 6.92 Å². The molecule has 0 bridgehead atoms. The molecule has 2 N–H and O–H groups in total. The first-order valence-electron chi connectivity index (χ1n) is 9.61. The van der Waals surface area contributed by atoms with Gasteiger partial charge in [0.05, 0.1) is 11.4 Å². The average Bonchev–Trinajstić information content (AvgIpc) is 2.96. The van der Waals surface area contributed by atoms with Gasteiger partial charge in [0.2, 0.25) is 0 Å². The number of amides is 1. The largest absolute Gasteiger partial charge is 0.342 e. The summed E-state index contributed by atoms with van der Waals surface area (Å²) in [7, 11) is 1.82. The van der Waals surface area contributed by atoms with Crippen molar-refractivity contribution < 1.29 is 4.79 Å². The molecule has 0 aromatic carbocycles. The summed E-state index contributed by atoms with van der Waals surface area (Å²) in [6.07, 6.45) is 5.13. The Morgan fingerprint density at radius 2 is 2.08 bits per heavy atom. The number of aromatic nitrogens is 3. The van der Waals surface area contributed by atoms with E-state index in [9.17, 15) is 9.59 Å². The van der Waals surface area contributed by atoms with Crippen molar-refractivity contribution in [3.05, 3.63) is 33.4 Å². The lowest BCUT2D eigenvalue weighted by molar-refractivity contribution is 0.0793. The molecular formula is C19H29N5O2. The molecule has 3 rings (SSSR count). The van der Waals surface area contributed by atoms with E-state index in [4.69, 9.17) is 0 Å². The van der Waals surface area contributed by atoms with Gasteiger partial charge in [-0.25, -0.2) is 4.52 Å². The summed E-state index contributed by atoms with van der Waals surface area (Å²) in [6.45, 7) is 6.56. The number of carbonyl (C=O) groups excluding carboxylic acids is 1. The molecule has 1 amide bonds. The van der Waals surface area contributed by atoms with Gasteiger partial charge in [-0.05, 0) is 39.3 Å². The summed E-state index contributed by atoms with van der Waals surface area (Å²) in [5, 5.41) is 7.95. The van der Waals surface area contributed by atoms with Crippen LogP contribution in [0.5, 0.6) is 0 Å². The highest BCUT2D eigenvalue weighted by molar-refractivity contribution is 6.00. The number of aryl methyl sites for hydroxylation is 1. The first-order valence-corrected chi connectivity index (χ1v) is 9.61. The fourth-order valence-corrected chi connectivity index (χ4v) is 3.73. The van der Waals surface area contributed by atoms with Crippen LogP contribution in [-0.2, 0) is 0 Å². The van der Waals surface area contributed by atoms with Crippen LogP contribution in [0.25, 0.3) is 5.65 Å². The van der Waals surface area contributed by atoms with E-state index in [-0.39, 0.29) is 17.4 Å². The monoisotopic (exact) mass is 359 g/mol. The molecule has 1 saturated heterocycles. The van der Waals surface area contributed by atoms with Crippen LogP contribution >= 0.6 is 0 Å². The predicted octanol–water partition coefficient (Wildman–Crippen LogP) is 2.06. The molecule has 0 spiro atoms. The van der Waals surface area contributed by atoms with Crippen molar-refractivity contribution in [2.75, 3.05) is 26.7 Å². The van der Waals surface area contributed by atoms with Gasteiger partial charge in [0.25, 0.3) is 11.5 Å². The smallest absolute Gasteiger partial charge is 0.259 e. The highest BCUT2D eigenvalue weighted by atomic mass is 16.2. The van der Waals surface area contributed by atoms with Crippen molar-refractivity contribution in [3.8, 4) is 0 Å². The molecule has 7 heteroatoms. The second-order valence-corrected chi connectivity index (χ2v) is 7.24. The summed E-state index contributed by atoms with van der Waals surface area (Å²) in [6, 6.07) is 1.63. The van der Waals surface area contributed by atoms with Crippen molar-refractivity contribution in [1.29, 1.82) is 0 Å². The third-order valence-electron chi connectivity index (χ3n) is 5.24. The molecule has 1 fully saturated rings. The van der Waals surface area contributed by atoms with E-state index < -0.39 is 0 Å². The molecule has 2 aromatic rings. The Morgan fingerprint density at radius 3 is 2.77 bits per heavy atom. The lowest BCUT2D eigenvalue weighted by Crippen LogP contribution is -2.29. The van der Waals surface area contributed by atoms with Crippen LogP contribution < -0.4 is 10.9 Å². The van der Waals surface area contributed by atoms with Gasteiger partial charge in [-0.2, -0.15) is 5.10 Å². The second kappa shape index (κ2) is 8.03. The van der Waals surface area contributed by atoms with E-state index in [2.05, 4.69) is 22.3 Å². The summed E-state index contributed by atoms with van der Waals surface area (Å²) < 4.78 is 1.78. The lowest BCUT2D eigenvalue weighted by Gasteiger charge is -2.23. The Hall–Kier alpha value is -2.15. The van der Waals surface area contributed by atoms with Crippen LogP contribution in [0.15, 0.2) is 10.9 Å². The van der Waals surface area contributed by atoms with Crippen molar-refractivity contribution in [3.63, 3.8) is 0 Å². The highest BCUT2D eigenvalue weighted by Crippen LogP contribution is 2.26. The van der Waals surface area contributed by atoms with E-state index in [0.717, 1.165) is 50.9 Å². The van der Waals surface area contributed by atoms with Crippen LogP contribution in [0.4, 0.5) is 0 Å². The minimum absolute atomic E-state index is 0.0771. The minimum atomic E-state index is -0.173. The SMILES string of the molecule is CCCCCN(C)C(=O)c1c(C)nn2c(C3CCNCC3)cc(=O)[nH]c12. The maximum absolute atomic E-state index is 13.0. The maximum Gasteiger partial charge on any atom is 0.259 e. The third-order valence-corrected chi connectivity index (χ3v) is 5.24. The summed E-state index contributed by atoms with van der Waals surface area (Å²) in [5.74, 6) is 0.206. The quantitative estimate of drug-likeness (QED) is 0.774. The number of fused-ring (bicyclic) bond motifs is 1. The number of aromatic amines is 1. The van der Waals surface area contributed by atoms with Crippen molar-refractivity contribution in [2.45, 2.75) is 51.9 Å². The second-order valence-electron chi connectivity index (χ2n) is 7.24. The van der Waals surface area contributed by atoms with E-state index in [1.165, 1.54) is 0 Å². The van der Waals surface area contributed by atoms with Gasteiger partial charge >= 0.3 is 0 Å². The zero-order chi connectivity index (χ0) is 18.7. The molecule has 0 radical (unpaired) electrons. The van der Waals surface area contributed by atoms with Gasteiger partial charge in [-0.15, -0.1) is 0 Å². The van der Waals surface area contributed by atoms with Crippen molar-refractivity contribution in [1.82, 2.24) is 24.8 Å². The molecule has 0 aliphatic carbocycles. The van der Waals surface area contributed by atoms with E-state index in [0.29, 0.717) is 23.4 Å². The normalized spacial score (nSPS) is 15.5. The standard InChI is InChI=1S/C19H29N5O2/c1-4-5-6-11-23(3)19(26)17-13(2)22-24-15(12-16(25)21-18(17)24)14-7-9-20-10-8-14/h12,14,20H,4-11H2,1-3H3,(H,21,25). The predicted molar refractivity (Wildman–Crippen MR) is 102 cm³/mol. The number of hydrogen-bond donors (Lipinski definition) is 2. The van der Waals surface area contributed by atoms with Gasteiger partial charge in [0, 0.05) is 25.6 Å². The molecule has 0 saturated carbocycles. The zero-order valence-electron chi connectivity index (χ0n) is 16.0. The van der Waals surface area contributed by atoms with Gasteiger partial charge in [0.15, 0.2) is 0 Å². The van der Waals surface area contributed by atoms with Gasteiger partial charge < -0.3 is 15.2 Å². The average molecular weight is 359 g/mol. The Kier molecular flexibility index (Phi) is 5.76. The molecule has 0 unspecified atom stereocenters. The molecular weight excluding hydrogens is 330 g/mol. The summed E-state index contributed by atoms with van der Waals surface area (Å²) >= 11 is 0. The zero-order valence-corrected chi connectivity index (χ0v) is 16.0. The molecule has 0 atom stereocenters. The molecule has 7 nitrogen and oxygen atoms in total. The van der Waals surface area contributed by atoms with E-state index >= 15 is 0 Å². The number of unbranched alkanes of at least 4 members (excludes halogenated alkanes) is 2. The number of carbonyl (C=O) groups is 1. The van der Waals surface area contributed by atoms with Crippen LogP contribution in [0.3, 0.4) is 0 Å². The molecule has 3 heterocycles. The molecule has 1 aliphatic rings. The topological polar surface area (TPSA) is 82.5 Å². The Labute approximate surface area is 153 Å². The number of nitrogens with one attached hydrogen (secondary N) is 2. The Balaban J connectivity index is 1.99. The van der Waals surface area contributed by atoms with Crippen molar-refractivity contribution in [2.24, 2.45) is 0 Å². The molecule has 26 heavy (non-hydrogen) atoms. The number of rotatable bonds is 6. The van der Waals surface area contributed by atoms with Crippen LogP contribution in [0.1, 0.15) is 66.7 Å². The molecule has 1 aliphatic heterocycles. The fraction of sp³-hybridized carbons (Fsp3) is 0.632. The van der Waals surface area contributed by atoms with E-state index in [1.807, 2.05) is 14.0 Å². The number of nitrogens with zero attached hydrogens (tertiary/aromatic N) is 3. The first kappa shape index (κ1) is 18.6. The number of hydrogen-bond acceptors (Lipinski definition) is 4. The minimum Gasteiger partial charge on any atom is -0.342 e.